The van der Waals surface area contributed by atoms with Gasteiger partial charge in [-0.3, -0.25) is 0 Å². The van der Waals surface area contributed by atoms with E-state index in [0.717, 1.165) is 6.54 Å². The molecule has 0 aliphatic rings. The molecule has 1 aromatic carbocycles. The van der Waals surface area contributed by atoms with Gasteiger partial charge in [0.15, 0.2) is 11.6 Å². The molecule has 4 nitrogen and oxygen atoms in total. The lowest BCUT2D eigenvalue weighted by atomic mass is 10.3. The van der Waals surface area contributed by atoms with Crippen LogP contribution in [0.3, 0.4) is 0 Å². The minimum absolute atomic E-state index is 0.0976. The van der Waals surface area contributed by atoms with Crippen LogP contribution in [0.25, 0.3) is 0 Å². The van der Waals surface area contributed by atoms with E-state index in [9.17, 15) is 4.39 Å². The molecule has 0 radical (unpaired) electrons. The molecule has 3 N–H and O–H groups in total. The molecule has 0 bridgehead atoms. The van der Waals surface area contributed by atoms with Crippen molar-refractivity contribution in [2.24, 2.45) is 0 Å². The van der Waals surface area contributed by atoms with Crippen molar-refractivity contribution in [3.8, 4) is 11.5 Å². The number of ether oxygens (including phenoxy) is 1. The number of nitrogens with zero attached hydrogens (tertiary/aromatic N) is 1. The Morgan fingerprint density at radius 1 is 1.39 bits per heavy atom. The van der Waals surface area contributed by atoms with Gasteiger partial charge in [-0.2, -0.15) is 0 Å². The second kappa shape index (κ2) is 5.35. The average Bonchev–Trinajstić information content (AvgIpc) is 2.37. The molecule has 94 valence electrons. The molecule has 18 heavy (non-hydrogen) atoms. The molecule has 0 aliphatic carbocycles. The SMILES string of the molecule is CCNc1ncccc1Oc1ccc(N)c(F)c1. The van der Waals surface area contributed by atoms with Crippen LogP contribution in [0.5, 0.6) is 11.5 Å². The third kappa shape index (κ3) is 2.68. The smallest absolute Gasteiger partial charge is 0.169 e. The first-order valence-electron chi connectivity index (χ1n) is 5.62. The van der Waals surface area contributed by atoms with E-state index in [4.69, 9.17) is 10.5 Å². The lowest BCUT2D eigenvalue weighted by molar-refractivity contribution is 0.477. The minimum atomic E-state index is -0.499. The van der Waals surface area contributed by atoms with Crippen molar-refractivity contribution in [3.63, 3.8) is 0 Å². The van der Waals surface area contributed by atoms with Crippen LogP contribution in [-0.2, 0) is 0 Å². The van der Waals surface area contributed by atoms with Crippen LogP contribution in [0, 0.1) is 5.82 Å². The first-order valence-corrected chi connectivity index (χ1v) is 5.62. The molecule has 1 aromatic heterocycles. The molecule has 1 heterocycles. The van der Waals surface area contributed by atoms with E-state index in [2.05, 4.69) is 10.3 Å². The number of nitrogens with one attached hydrogen (secondary N) is 1. The number of benzene rings is 1. The van der Waals surface area contributed by atoms with Gasteiger partial charge in [-0.05, 0) is 31.2 Å². The fraction of sp³-hybridized carbons (Fsp3) is 0.154. The van der Waals surface area contributed by atoms with Crippen LogP contribution < -0.4 is 15.8 Å². The van der Waals surface area contributed by atoms with E-state index in [0.29, 0.717) is 17.3 Å². The molecule has 0 saturated heterocycles. The molecule has 5 heteroatoms. The fourth-order valence-electron chi connectivity index (χ4n) is 1.47. The Morgan fingerprint density at radius 3 is 2.94 bits per heavy atom. The van der Waals surface area contributed by atoms with Crippen molar-refractivity contribution in [1.29, 1.82) is 0 Å². The second-order valence-corrected chi connectivity index (χ2v) is 3.67. The van der Waals surface area contributed by atoms with Gasteiger partial charge < -0.3 is 15.8 Å². The summed E-state index contributed by atoms with van der Waals surface area (Å²) >= 11 is 0. The van der Waals surface area contributed by atoms with Crippen molar-refractivity contribution in [2.75, 3.05) is 17.6 Å². The van der Waals surface area contributed by atoms with Crippen LogP contribution in [0.2, 0.25) is 0 Å². The van der Waals surface area contributed by atoms with Gasteiger partial charge in [0.2, 0.25) is 0 Å². The van der Waals surface area contributed by atoms with Gasteiger partial charge in [-0.1, -0.05) is 0 Å². The molecule has 0 aliphatic heterocycles. The zero-order valence-corrected chi connectivity index (χ0v) is 9.98. The second-order valence-electron chi connectivity index (χ2n) is 3.67. The maximum atomic E-state index is 13.3. The van der Waals surface area contributed by atoms with Crippen molar-refractivity contribution < 1.29 is 9.13 Å². The van der Waals surface area contributed by atoms with Gasteiger partial charge in [-0.15, -0.1) is 0 Å². The third-order valence-corrected chi connectivity index (χ3v) is 2.31. The Morgan fingerprint density at radius 2 is 2.22 bits per heavy atom. The number of anilines is 2. The third-order valence-electron chi connectivity index (χ3n) is 2.31. The van der Waals surface area contributed by atoms with Gasteiger partial charge in [0.25, 0.3) is 0 Å². The maximum absolute atomic E-state index is 13.3. The standard InChI is InChI=1S/C13H14FN3O/c1-2-16-13-12(4-3-7-17-13)18-9-5-6-11(15)10(14)8-9/h3-8H,2,15H2,1H3,(H,16,17). The summed E-state index contributed by atoms with van der Waals surface area (Å²) in [6, 6.07) is 7.84. The Balaban J connectivity index is 2.25. The van der Waals surface area contributed by atoms with E-state index < -0.39 is 5.82 Å². The average molecular weight is 247 g/mol. The highest BCUT2D eigenvalue weighted by Gasteiger charge is 2.06. The summed E-state index contributed by atoms with van der Waals surface area (Å²) in [5.41, 5.74) is 5.50. The summed E-state index contributed by atoms with van der Waals surface area (Å²) in [6.07, 6.45) is 1.66. The summed E-state index contributed by atoms with van der Waals surface area (Å²) in [6.45, 7) is 2.69. The van der Waals surface area contributed by atoms with Crippen LogP contribution in [0.1, 0.15) is 6.92 Å². The zero-order valence-electron chi connectivity index (χ0n) is 9.98. The Bertz CT molecular complexity index is 546. The zero-order chi connectivity index (χ0) is 13.0. The normalized spacial score (nSPS) is 10.1. The highest BCUT2D eigenvalue weighted by atomic mass is 19.1. The molecule has 0 amide bonds. The summed E-state index contributed by atoms with van der Waals surface area (Å²) < 4.78 is 18.9. The lowest BCUT2D eigenvalue weighted by Crippen LogP contribution is -2.01. The first kappa shape index (κ1) is 12.2. The van der Waals surface area contributed by atoms with Crippen molar-refractivity contribution >= 4 is 11.5 Å². The Labute approximate surface area is 105 Å². The van der Waals surface area contributed by atoms with Crippen LogP contribution in [0.4, 0.5) is 15.9 Å². The number of hydrogen-bond donors (Lipinski definition) is 2. The molecule has 0 unspecified atom stereocenters. The van der Waals surface area contributed by atoms with Gasteiger partial charge >= 0.3 is 0 Å². The summed E-state index contributed by atoms with van der Waals surface area (Å²) in [5, 5.41) is 3.07. The van der Waals surface area contributed by atoms with Gasteiger partial charge in [0.05, 0.1) is 5.69 Å². The van der Waals surface area contributed by atoms with Crippen LogP contribution >= 0.6 is 0 Å². The number of rotatable bonds is 4. The lowest BCUT2D eigenvalue weighted by Gasteiger charge is -2.11. The summed E-state index contributed by atoms with van der Waals surface area (Å²) in [7, 11) is 0. The number of pyridine rings is 1. The maximum Gasteiger partial charge on any atom is 0.169 e. The quantitative estimate of drug-likeness (QED) is 0.815. The van der Waals surface area contributed by atoms with Crippen LogP contribution in [0.15, 0.2) is 36.5 Å². The largest absolute Gasteiger partial charge is 0.453 e. The minimum Gasteiger partial charge on any atom is -0.453 e. The summed E-state index contributed by atoms with van der Waals surface area (Å²) in [4.78, 5) is 4.15. The monoisotopic (exact) mass is 247 g/mol. The molecular weight excluding hydrogens is 233 g/mol. The molecule has 0 atom stereocenters. The molecule has 2 aromatic rings. The van der Waals surface area contributed by atoms with E-state index in [1.807, 2.05) is 6.92 Å². The predicted octanol–water partition coefficient (Wildman–Crippen LogP) is 3.03. The van der Waals surface area contributed by atoms with E-state index in [1.165, 1.54) is 12.1 Å². The molecular formula is C13H14FN3O. The molecule has 2 rings (SSSR count). The number of nitrogen functional groups attached to an aromatic ring is 1. The van der Waals surface area contributed by atoms with Crippen molar-refractivity contribution in [2.45, 2.75) is 6.92 Å². The number of aromatic nitrogens is 1. The number of halogens is 1. The topological polar surface area (TPSA) is 60.2 Å². The Kier molecular flexibility index (Phi) is 3.62. The molecule has 0 saturated carbocycles. The van der Waals surface area contributed by atoms with Gasteiger partial charge in [-0.25, -0.2) is 9.37 Å². The first-order chi connectivity index (χ1) is 8.70. The summed E-state index contributed by atoms with van der Waals surface area (Å²) in [5.74, 6) is 1.05. The predicted molar refractivity (Wildman–Crippen MR) is 69.3 cm³/mol. The van der Waals surface area contributed by atoms with Crippen LogP contribution in [-0.4, -0.2) is 11.5 Å². The van der Waals surface area contributed by atoms with Gasteiger partial charge in [0, 0.05) is 18.8 Å². The number of nitrogens with two attached hydrogens (primary N) is 1. The van der Waals surface area contributed by atoms with E-state index >= 15 is 0 Å². The number of hydrogen-bond acceptors (Lipinski definition) is 4. The molecule has 0 spiro atoms. The van der Waals surface area contributed by atoms with Crippen molar-refractivity contribution in [3.05, 3.63) is 42.3 Å². The van der Waals surface area contributed by atoms with E-state index in [1.54, 1.807) is 24.4 Å². The molecule has 0 fully saturated rings. The van der Waals surface area contributed by atoms with Gasteiger partial charge in [0.1, 0.15) is 11.6 Å². The highest BCUT2D eigenvalue weighted by Crippen LogP contribution is 2.28. The highest BCUT2D eigenvalue weighted by molar-refractivity contribution is 5.52. The fourth-order valence-corrected chi connectivity index (χ4v) is 1.47. The van der Waals surface area contributed by atoms with E-state index in [-0.39, 0.29) is 5.69 Å². The Hall–Kier alpha value is -2.30. The van der Waals surface area contributed by atoms with Crippen molar-refractivity contribution in [1.82, 2.24) is 4.98 Å².